The van der Waals surface area contributed by atoms with E-state index in [1.54, 1.807) is 0 Å². The molecule has 2 aliphatic heterocycles. The van der Waals surface area contributed by atoms with Gasteiger partial charge in [0.25, 0.3) is 0 Å². The van der Waals surface area contributed by atoms with E-state index in [2.05, 4.69) is 73.6 Å². The highest BCUT2D eigenvalue weighted by Crippen LogP contribution is 2.31. The summed E-state index contributed by atoms with van der Waals surface area (Å²) < 4.78 is 0. The smallest absolute Gasteiger partial charge is 0.225 e. The number of Topliss-reactive ketones (excluding diaryl/α,β-unsaturated/α-hetero) is 1. The van der Waals surface area contributed by atoms with E-state index >= 15 is 0 Å². The van der Waals surface area contributed by atoms with Crippen LogP contribution in [0.5, 0.6) is 0 Å². The standard InChI is InChI=1S/C31H43N3O2/c1-23-10-6-8-12-26(23)29(27-13-9-7-11-24(27)2)28(35)22-32-16-14-25(15-17-32)30(36)33-18-20-34(21-19-33)31(3,4)5/h6-13,25,29H,14-22H2,1-5H3. The number of piperidine rings is 1. The number of piperazine rings is 1. The molecule has 2 aromatic carbocycles. The predicted molar refractivity (Wildman–Crippen MR) is 146 cm³/mol. The van der Waals surface area contributed by atoms with Crippen LogP contribution in [0.15, 0.2) is 48.5 Å². The summed E-state index contributed by atoms with van der Waals surface area (Å²) in [6.07, 6.45) is 1.68. The van der Waals surface area contributed by atoms with Crippen LogP contribution in [-0.4, -0.2) is 77.7 Å². The third-order valence-electron chi connectivity index (χ3n) is 8.18. The van der Waals surface area contributed by atoms with Gasteiger partial charge in [-0.25, -0.2) is 0 Å². The van der Waals surface area contributed by atoms with Gasteiger partial charge in [-0.05, 0) is 82.8 Å². The minimum absolute atomic E-state index is 0.0843. The van der Waals surface area contributed by atoms with Gasteiger partial charge in [0.1, 0.15) is 0 Å². The molecule has 2 heterocycles. The molecule has 0 unspecified atom stereocenters. The second-order valence-corrected chi connectivity index (χ2v) is 11.6. The van der Waals surface area contributed by atoms with Crippen LogP contribution in [0.2, 0.25) is 0 Å². The first-order chi connectivity index (χ1) is 17.1. The number of carbonyl (C=O) groups is 2. The lowest BCUT2D eigenvalue weighted by atomic mass is 9.83. The van der Waals surface area contributed by atoms with Crippen LogP contribution in [0.25, 0.3) is 0 Å². The zero-order chi connectivity index (χ0) is 25.9. The third kappa shape index (κ3) is 6.07. The zero-order valence-electron chi connectivity index (χ0n) is 22.8. The molecule has 36 heavy (non-hydrogen) atoms. The Morgan fingerprint density at radius 3 is 1.78 bits per heavy atom. The van der Waals surface area contributed by atoms with E-state index in [1.165, 1.54) is 0 Å². The van der Waals surface area contributed by atoms with Crippen LogP contribution in [-0.2, 0) is 9.59 Å². The summed E-state index contributed by atoms with van der Waals surface area (Å²) in [6.45, 7) is 16.5. The van der Waals surface area contributed by atoms with Crippen LogP contribution in [0.1, 0.15) is 61.8 Å². The SMILES string of the molecule is Cc1ccccc1C(C(=O)CN1CCC(C(=O)N2CCN(C(C)(C)C)CC2)CC1)c1ccccc1C. The van der Waals surface area contributed by atoms with Crippen LogP contribution >= 0.6 is 0 Å². The minimum atomic E-state index is -0.258. The van der Waals surface area contributed by atoms with Gasteiger partial charge in [-0.1, -0.05) is 48.5 Å². The van der Waals surface area contributed by atoms with E-state index in [4.69, 9.17) is 0 Å². The zero-order valence-corrected chi connectivity index (χ0v) is 22.8. The Morgan fingerprint density at radius 1 is 0.806 bits per heavy atom. The maximum atomic E-state index is 13.8. The molecule has 0 spiro atoms. The summed E-state index contributed by atoms with van der Waals surface area (Å²) >= 11 is 0. The largest absolute Gasteiger partial charge is 0.340 e. The molecule has 5 nitrogen and oxygen atoms in total. The average Bonchev–Trinajstić information content (AvgIpc) is 2.86. The first-order valence-corrected chi connectivity index (χ1v) is 13.5. The van der Waals surface area contributed by atoms with Crippen molar-refractivity contribution in [1.29, 1.82) is 0 Å². The van der Waals surface area contributed by atoms with Crippen molar-refractivity contribution in [2.24, 2.45) is 5.92 Å². The first-order valence-electron chi connectivity index (χ1n) is 13.5. The molecule has 0 saturated carbocycles. The maximum absolute atomic E-state index is 13.8. The Balaban J connectivity index is 1.37. The number of rotatable bonds is 6. The van der Waals surface area contributed by atoms with Gasteiger partial charge in [0.05, 0.1) is 12.5 Å². The topological polar surface area (TPSA) is 43.9 Å². The predicted octanol–water partition coefficient (Wildman–Crippen LogP) is 4.66. The summed E-state index contributed by atoms with van der Waals surface area (Å²) in [5.41, 5.74) is 4.64. The lowest BCUT2D eigenvalue weighted by Gasteiger charge is -2.43. The van der Waals surface area contributed by atoms with Gasteiger partial charge < -0.3 is 4.90 Å². The van der Waals surface area contributed by atoms with Crippen LogP contribution in [0.4, 0.5) is 0 Å². The maximum Gasteiger partial charge on any atom is 0.225 e. The molecule has 0 N–H and O–H groups in total. The molecule has 2 saturated heterocycles. The fourth-order valence-corrected chi connectivity index (χ4v) is 5.84. The van der Waals surface area contributed by atoms with E-state index in [9.17, 15) is 9.59 Å². The highest BCUT2D eigenvalue weighted by molar-refractivity contribution is 5.91. The molecule has 5 heteroatoms. The van der Waals surface area contributed by atoms with Gasteiger partial charge >= 0.3 is 0 Å². The molecule has 0 bridgehead atoms. The molecule has 2 fully saturated rings. The number of hydrogen-bond donors (Lipinski definition) is 0. The fourth-order valence-electron chi connectivity index (χ4n) is 5.84. The average molecular weight is 490 g/mol. The van der Waals surface area contributed by atoms with Crippen molar-refractivity contribution in [3.63, 3.8) is 0 Å². The molecular weight excluding hydrogens is 446 g/mol. The molecule has 2 aliphatic rings. The molecule has 0 radical (unpaired) electrons. The second kappa shape index (κ2) is 11.3. The Labute approximate surface area is 217 Å². The first kappa shape index (κ1) is 26.6. The van der Waals surface area contributed by atoms with Crippen molar-refractivity contribution in [3.05, 3.63) is 70.8 Å². The minimum Gasteiger partial charge on any atom is -0.340 e. The number of hydrogen-bond acceptors (Lipinski definition) is 4. The highest BCUT2D eigenvalue weighted by atomic mass is 16.2. The Bertz CT molecular complexity index is 1010. The van der Waals surface area contributed by atoms with Gasteiger partial charge in [0.2, 0.25) is 5.91 Å². The second-order valence-electron chi connectivity index (χ2n) is 11.6. The van der Waals surface area contributed by atoms with E-state index in [-0.39, 0.29) is 23.2 Å². The Hall–Kier alpha value is -2.50. The number of nitrogens with zero attached hydrogens (tertiary/aromatic N) is 3. The van der Waals surface area contributed by atoms with E-state index in [0.717, 1.165) is 74.4 Å². The van der Waals surface area contributed by atoms with E-state index in [0.29, 0.717) is 12.5 Å². The number of benzene rings is 2. The van der Waals surface area contributed by atoms with E-state index in [1.807, 2.05) is 24.3 Å². The summed E-state index contributed by atoms with van der Waals surface area (Å²) in [6, 6.07) is 16.5. The van der Waals surface area contributed by atoms with Crippen LogP contribution in [0.3, 0.4) is 0 Å². The van der Waals surface area contributed by atoms with Crippen molar-refractivity contribution in [2.75, 3.05) is 45.8 Å². The summed E-state index contributed by atoms with van der Waals surface area (Å²) in [5, 5.41) is 0. The van der Waals surface area contributed by atoms with Crippen molar-refractivity contribution in [2.45, 2.75) is 58.9 Å². The number of amides is 1. The molecule has 1 amide bonds. The van der Waals surface area contributed by atoms with Crippen molar-refractivity contribution in [3.8, 4) is 0 Å². The van der Waals surface area contributed by atoms with Gasteiger partial charge in [-0.3, -0.25) is 19.4 Å². The lowest BCUT2D eigenvalue weighted by molar-refractivity contribution is -0.139. The monoisotopic (exact) mass is 489 g/mol. The number of aryl methyl sites for hydroxylation is 2. The fraction of sp³-hybridized carbons (Fsp3) is 0.548. The van der Waals surface area contributed by atoms with Crippen molar-refractivity contribution >= 4 is 11.7 Å². The summed E-state index contributed by atoms with van der Waals surface area (Å²) in [7, 11) is 0. The van der Waals surface area contributed by atoms with Crippen molar-refractivity contribution < 1.29 is 9.59 Å². The molecule has 0 aliphatic carbocycles. The Kier molecular flexibility index (Phi) is 8.31. The quantitative estimate of drug-likeness (QED) is 0.592. The Morgan fingerprint density at radius 2 is 1.31 bits per heavy atom. The number of carbonyl (C=O) groups excluding carboxylic acids is 2. The molecule has 2 aromatic rings. The highest BCUT2D eigenvalue weighted by Gasteiger charge is 2.34. The molecule has 4 rings (SSSR count). The molecule has 194 valence electrons. The lowest BCUT2D eigenvalue weighted by Crippen LogP contribution is -2.56. The van der Waals surface area contributed by atoms with Crippen LogP contribution in [0, 0.1) is 19.8 Å². The van der Waals surface area contributed by atoms with Crippen LogP contribution < -0.4 is 0 Å². The van der Waals surface area contributed by atoms with Crippen molar-refractivity contribution in [1.82, 2.24) is 14.7 Å². The van der Waals surface area contributed by atoms with Gasteiger partial charge in [0.15, 0.2) is 5.78 Å². The van der Waals surface area contributed by atoms with E-state index < -0.39 is 0 Å². The summed E-state index contributed by atoms with van der Waals surface area (Å²) in [4.78, 5) is 33.8. The van der Waals surface area contributed by atoms with Gasteiger partial charge in [0, 0.05) is 37.6 Å². The number of likely N-dealkylation sites (tertiary alicyclic amines) is 1. The summed E-state index contributed by atoms with van der Waals surface area (Å²) in [5.74, 6) is 0.376. The van der Waals surface area contributed by atoms with Gasteiger partial charge in [-0.15, -0.1) is 0 Å². The molecule has 0 aromatic heterocycles. The third-order valence-corrected chi connectivity index (χ3v) is 8.18. The number of ketones is 1. The molecule has 0 atom stereocenters. The normalized spacial score (nSPS) is 18.6. The molecular formula is C31H43N3O2. The van der Waals surface area contributed by atoms with Gasteiger partial charge in [-0.2, -0.15) is 0 Å².